The van der Waals surface area contributed by atoms with Gasteiger partial charge in [-0.3, -0.25) is 9.59 Å². The number of amides is 1. The molecular weight excluding hydrogens is 314 g/mol. The Morgan fingerprint density at radius 3 is 2.83 bits per heavy atom. The number of aromatic nitrogens is 2. The van der Waals surface area contributed by atoms with Crippen molar-refractivity contribution < 1.29 is 9.90 Å². The zero-order valence-corrected chi connectivity index (χ0v) is 14.8. The molecule has 1 heterocycles. The van der Waals surface area contributed by atoms with Crippen molar-refractivity contribution in [1.82, 2.24) is 14.9 Å². The Bertz CT molecular complexity index is 598. The molecule has 0 fully saturated rings. The Kier molecular flexibility index (Phi) is 8.65. The number of aliphatic hydroxyl groups is 1. The first-order valence-electron chi connectivity index (χ1n) is 7.73. The molecule has 23 heavy (non-hydrogen) atoms. The monoisotopic (exact) mass is 339 g/mol. The van der Waals surface area contributed by atoms with Gasteiger partial charge in [0.05, 0.1) is 12.1 Å². The first kappa shape index (κ1) is 19.4. The Labute approximate surface area is 141 Å². The van der Waals surface area contributed by atoms with E-state index in [1.165, 1.54) is 11.1 Å². The number of rotatable bonds is 10. The van der Waals surface area contributed by atoms with Crippen LogP contribution in [0.1, 0.15) is 44.5 Å². The third-order valence-electron chi connectivity index (χ3n) is 3.42. The number of aryl methyl sites for hydroxylation is 1. The van der Waals surface area contributed by atoms with Gasteiger partial charge in [-0.15, -0.1) is 11.8 Å². The van der Waals surface area contributed by atoms with Crippen LogP contribution < -0.4 is 5.56 Å². The maximum Gasteiger partial charge on any atom is 0.255 e. The highest BCUT2D eigenvalue weighted by molar-refractivity contribution is 8.03. The first-order valence-corrected chi connectivity index (χ1v) is 8.72. The number of hydrogen-bond acceptors (Lipinski definition) is 5. The standard InChI is InChI=1S/C16H25N3O3S/c1-4-5-8-23-15(6-7-20)12(2)19(11-21)10-14-9-17-13(3)18-16(14)22/h9,11,20H,4-8,10H2,1-3H3,(H,17,18,22)/b15-12-. The number of aromatic amines is 1. The summed E-state index contributed by atoms with van der Waals surface area (Å²) in [6.45, 7) is 5.87. The van der Waals surface area contributed by atoms with Crippen LogP contribution in [0.4, 0.5) is 0 Å². The van der Waals surface area contributed by atoms with Gasteiger partial charge in [0, 0.05) is 29.8 Å². The molecule has 0 aliphatic rings. The Balaban J connectivity index is 2.96. The van der Waals surface area contributed by atoms with E-state index in [1.807, 2.05) is 6.92 Å². The van der Waals surface area contributed by atoms with Crippen molar-refractivity contribution in [3.8, 4) is 0 Å². The van der Waals surface area contributed by atoms with Crippen molar-refractivity contribution in [2.75, 3.05) is 12.4 Å². The summed E-state index contributed by atoms with van der Waals surface area (Å²) in [5.74, 6) is 1.49. The summed E-state index contributed by atoms with van der Waals surface area (Å²) in [6.07, 6.45) is 4.89. The molecule has 0 unspecified atom stereocenters. The molecule has 0 spiro atoms. The first-order chi connectivity index (χ1) is 11.0. The number of H-pyrrole nitrogens is 1. The molecule has 0 aliphatic carbocycles. The van der Waals surface area contributed by atoms with Crippen molar-refractivity contribution >= 4 is 18.2 Å². The number of aliphatic hydroxyl groups excluding tert-OH is 1. The molecule has 0 saturated heterocycles. The molecule has 2 N–H and O–H groups in total. The highest BCUT2D eigenvalue weighted by atomic mass is 32.2. The van der Waals surface area contributed by atoms with Gasteiger partial charge in [0.1, 0.15) is 5.82 Å². The minimum Gasteiger partial charge on any atom is -0.396 e. The van der Waals surface area contributed by atoms with E-state index in [1.54, 1.807) is 18.7 Å². The number of unbranched alkanes of at least 4 members (excludes halogenated alkanes) is 1. The highest BCUT2D eigenvalue weighted by Gasteiger charge is 2.13. The third-order valence-corrected chi connectivity index (χ3v) is 4.76. The summed E-state index contributed by atoms with van der Waals surface area (Å²) in [4.78, 5) is 32.5. The molecule has 0 radical (unpaired) electrons. The normalized spacial score (nSPS) is 12.0. The summed E-state index contributed by atoms with van der Waals surface area (Å²) in [7, 11) is 0. The molecule has 0 saturated carbocycles. The molecule has 1 aromatic heterocycles. The maximum atomic E-state index is 11.9. The van der Waals surface area contributed by atoms with Crippen LogP contribution in [0.15, 0.2) is 21.6 Å². The summed E-state index contributed by atoms with van der Waals surface area (Å²) in [5, 5.41) is 9.24. The van der Waals surface area contributed by atoms with E-state index in [2.05, 4.69) is 16.9 Å². The second-order valence-electron chi connectivity index (χ2n) is 5.24. The quantitative estimate of drug-likeness (QED) is 0.504. The van der Waals surface area contributed by atoms with Gasteiger partial charge in [0.25, 0.3) is 5.56 Å². The molecule has 128 valence electrons. The number of thioether (sulfide) groups is 1. The minimum absolute atomic E-state index is 0.0329. The zero-order chi connectivity index (χ0) is 17.2. The molecule has 0 bridgehead atoms. The van der Waals surface area contributed by atoms with E-state index in [9.17, 15) is 14.7 Å². The van der Waals surface area contributed by atoms with Crippen LogP contribution >= 0.6 is 11.8 Å². The van der Waals surface area contributed by atoms with Gasteiger partial charge in [0.15, 0.2) is 0 Å². The SMILES string of the molecule is CCCCS/C(CCO)=C(/C)N(C=O)Cc1cnc(C)[nH]c1=O. The molecule has 0 aromatic carbocycles. The lowest BCUT2D eigenvalue weighted by molar-refractivity contribution is -0.116. The number of carbonyl (C=O) groups is 1. The van der Waals surface area contributed by atoms with Gasteiger partial charge in [-0.25, -0.2) is 4.98 Å². The average Bonchev–Trinajstić information content (AvgIpc) is 2.53. The van der Waals surface area contributed by atoms with Crippen LogP contribution in [0, 0.1) is 6.92 Å². The fraction of sp³-hybridized carbons (Fsp3) is 0.562. The lowest BCUT2D eigenvalue weighted by Gasteiger charge is -2.21. The van der Waals surface area contributed by atoms with Gasteiger partial charge in [0.2, 0.25) is 6.41 Å². The number of nitrogens with one attached hydrogen (secondary N) is 1. The van der Waals surface area contributed by atoms with Crippen molar-refractivity contribution in [3.05, 3.63) is 38.5 Å². The van der Waals surface area contributed by atoms with Crippen LogP contribution in [0.5, 0.6) is 0 Å². The van der Waals surface area contributed by atoms with Crippen molar-refractivity contribution in [3.63, 3.8) is 0 Å². The van der Waals surface area contributed by atoms with Gasteiger partial charge in [-0.1, -0.05) is 13.3 Å². The lowest BCUT2D eigenvalue weighted by Crippen LogP contribution is -2.26. The molecule has 1 amide bonds. The Morgan fingerprint density at radius 2 is 2.26 bits per heavy atom. The van der Waals surface area contributed by atoms with Crippen molar-refractivity contribution in [2.45, 2.75) is 46.6 Å². The predicted molar refractivity (Wildman–Crippen MR) is 93.0 cm³/mol. The van der Waals surface area contributed by atoms with Crippen molar-refractivity contribution in [2.24, 2.45) is 0 Å². The molecule has 7 heteroatoms. The summed E-state index contributed by atoms with van der Waals surface area (Å²) < 4.78 is 0. The minimum atomic E-state index is -0.237. The van der Waals surface area contributed by atoms with E-state index in [0.717, 1.165) is 29.2 Å². The maximum absolute atomic E-state index is 11.9. The second kappa shape index (κ2) is 10.2. The summed E-state index contributed by atoms with van der Waals surface area (Å²) >= 11 is 1.66. The van der Waals surface area contributed by atoms with Crippen LogP contribution in [-0.2, 0) is 11.3 Å². The van der Waals surface area contributed by atoms with Crippen molar-refractivity contribution in [1.29, 1.82) is 0 Å². The number of nitrogens with zero attached hydrogens (tertiary/aromatic N) is 2. The summed E-state index contributed by atoms with van der Waals surface area (Å²) in [5.41, 5.74) is 0.971. The number of carbonyl (C=O) groups excluding carboxylic acids is 1. The van der Waals surface area contributed by atoms with Crippen LogP contribution in [0.3, 0.4) is 0 Å². The number of hydrogen-bond donors (Lipinski definition) is 2. The molecule has 0 atom stereocenters. The molecule has 1 rings (SSSR count). The molecule has 6 nitrogen and oxygen atoms in total. The molecule has 0 aliphatic heterocycles. The lowest BCUT2D eigenvalue weighted by atomic mass is 10.2. The smallest absolute Gasteiger partial charge is 0.255 e. The van der Waals surface area contributed by atoms with Gasteiger partial charge >= 0.3 is 0 Å². The largest absolute Gasteiger partial charge is 0.396 e. The van der Waals surface area contributed by atoms with E-state index < -0.39 is 0 Å². The van der Waals surface area contributed by atoms with Crippen LogP contribution in [0.25, 0.3) is 0 Å². The van der Waals surface area contributed by atoms with Crippen LogP contribution in [0.2, 0.25) is 0 Å². The van der Waals surface area contributed by atoms with E-state index in [-0.39, 0.29) is 18.7 Å². The Hall–Kier alpha value is -1.60. The Morgan fingerprint density at radius 1 is 1.52 bits per heavy atom. The molecular formula is C16H25N3O3S. The third kappa shape index (κ3) is 6.19. The van der Waals surface area contributed by atoms with Gasteiger partial charge < -0.3 is 15.0 Å². The highest BCUT2D eigenvalue weighted by Crippen LogP contribution is 2.26. The predicted octanol–water partition coefficient (Wildman–Crippen LogP) is 2.18. The fourth-order valence-corrected chi connectivity index (χ4v) is 3.24. The fourth-order valence-electron chi connectivity index (χ4n) is 2.00. The van der Waals surface area contributed by atoms with Gasteiger partial charge in [-0.2, -0.15) is 0 Å². The van der Waals surface area contributed by atoms with E-state index >= 15 is 0 Å². The van der Waals surface area contributed by atoms with E-state index in [4.69, 9.17) is 0 Å². The van der Waals surface area contributed by atoms with E-state index in [0.29, 0.717) is 24.2 Å². The topological polar surface area (TPSA) is 86.3 Å². The second-order valence-corrected chi connectivity index (χ2v) is 6.43. The van der Waals surface area contributed by atoms with Crippen LogP contribution in [-0.4, -0.2) is 38.7 Å². The number of allylic oxidation sites excluding steroid dienone is 1. The van der Waals surface area contributed by atoms with Gasteiger partial charge in [-0.05, 0) is 26.0 Å². The average molecular weight is 339 g/mol. The zero-order valence-electron chi connectivity index (χ0n) is 14.0. The summed E-state index contributed by atoms with van der Waals surface area (Å²) in [6, 6.07) is 0. The molecule has 1 aromatic rings.